The molecule has 1 heterocycles. The van der Waals surface area contributed by atoms with Crippen LogP contribution in [-0.4, -0.2) is 6.61 Å². The minimum Gasteiger partial charge on any atom is -0.493 e. The summed E-state index contributed by atoms with van der Waals surface area (Å²) in [7, 11) is 0. The Balaban J connectivity index is 2.58. The third kappa shape index (κ3) is 1.56. The molecule has 13 heavy (non-hydrogen) atoms. The van der Waals surface area contributed by atoms with Crippen molar-refractivity contribution in [3.05, 3.63) is 27.2 Å². The minimum absolute atomic E-state index is 0.0248. The predicted octanol–water partition coefficient (Wildman–Crippen LogP) is 2.88. The summed E-state index contributed by atoms with van der Waals surface area (Å²) in [4.78, 5) is 0. The lowest BCUT2D eigenvalue weighted by Crippen LogP contribution is -2.21. The van der Waals surface area contributed by atoms with Crippen molar-refractivity contribution < 1.29 is 4.74 Å². The van der Waals surface area contributed by atoms with Crippen LogP contribution in [0.1, 0.15) is 18.0 Å². The molecule has 2 N–H and O–H groups in total. The highest BCUT2D eigenvalue weighted by atomic mass is 79.9. The summed E-state index contributed by atoms with van der Waals surface area (Å²) in [5.74, 6) is 0.843. The molecule has 1 atom stereocenters. The van der Waals surface area contributed by atoms with Crippen LogP contribution in [0.4, 0.5) is 0 Å². The van der Waals surface area contributed by atoms with Crippen LogP contribution in [0.3, 0.4) is 0 Å². The van der Waals surface area contributed by atoms with Crippen LogP contribution < -0.4 is 10.5 Å². The van der Waals surface area contributed by atoms with Crippen LogP contribution in [-0.2, 0) is 0 Å². The van der Waals surface area contributed by atoms with E-state index in [1.807, 2.05) is 12.1 Å². The molecule has 0 aliphatic carbocycles. The summed E-state index contributed by atoms with van der Waals surface area (Å²) in [6, 6.07) is 3.70. The molecule has 0 bridgehead atoms. The average molecular weight is 263 g/mol. The van der Waals surface area contributed by atoms with Crippen molar-refractivity contribution in [2.75, 3.05) is 6.61 Å². The molecule has 1 aliphatic heterocycles. The maximum absolute atomic E-state index is 5.95. The molecule has 0 fully saturated rings. The smallest absolute Gasteiger partial charge is 0.125 e. The Labute approximate surface area is 90.1 Å². The maximum Gasteiger partial charge on any atom is 0.125 e. The van der Waals surface area contributed by atoms with E-state index >= 15 is 0 Å². The second-order valence-electron chi connectivity index (χ2n) is 3.02. The van der Waals surface area contributed by atoms with Crippen molar-refractivity contribution in [3.63, 3.8) is 0 Å². The van der Waals surface area contributed by atoms with E-state index in [2.05, 4.69) is 15.9 Å². The second-order valence-corrected chi connectivity index (χ2v) is 4.22. The van der Waals surface area contributed by atoms with E-state index in [4.69, 9.17) is 22.1 Å². The van der Waals surface area contributed by atoms with E-state index in [0.29, 0.717) is 11.6 Å². The lowest BCUT2D eigenvalue weighted by Gasteiger charge is -2.24. The minimum atomic E-state index is 0.0248. The third-order valence-corrected chi connectivity index (χ3v) is 3.55. The number of benzene rings is 1. The van der Waals surface area contributed by atoms with Gasteiger partial charge in [-0.15, -0.1) is 0 Å². The maximum atomic E-state index is 5.95. The average Bonchev–Trinajstić information content (AvgIpc) is 2.12. The van der Waals surface area contributed by atoms with Crippen LogP contribution >= 0.6 is 27.5 Å². The summed E-state index contributed by atoms with van der Waals surface area (Å²) < 4.78 is 6.32. The zero-order chi connectivity index (χ0) is 9.42. The Hall–Kier alpha value is -0.250. The Morgan fingerprint density at radius 3 is 3.08 bits per heavy atom. The van der Waals surface area contributed by atoms with Crippen LogP contribution in [0.5, 0.6) is 5.75 Å². The second kappa shape index (κ2) is 3.48. The number of nitrogens with two attached hydrogens (primary N) is 1. The molecule has 70 valence electrons. The number of fused-ring (bicyclic) bond motifs is 1. The first-order chi connectivity index (χ1) is 6.20. The van der Waals surface area contributed by atoms with Crippen molar-refractivity contribution in [1.29, 1.82) is 0 Å². The Bertz CT molecular complexity index is 343. The third-order valence-electron chi connectivity index (χ3n) is 2.15. The fourth-order valence-electron chi connectivity index (χ4n) is 1.46. The summed E-state index contributed by atoms with van der Waals surface area (Å²) >= 11 is 9.37. The van der Waals surface area contributed by atoms with Gasteiger partial charge in [0.25, 0.3) is 0 Å². The van der Waals surface area contributed by atoms with Gasteiger partial charge in [-0.25, -0.2) is 0 Å². The van der Waals surface area contributed by atoms with Crippen LogP contribution in [0, 0.1) is 0 Å². The Kier molecular flexibility index (Phi) is 2.49. The van der Waals surface area contributed by atoms with Crippen molar-refractivity contribution in [1.82, 2.24) is 0 Å². The van der Waals surface area contributed by atoms with Crippen LogP contribution in [0.15, 0.2) is 16.6 Å². The van der Waals surface area contributed by atoms with E-state index < -0.39 is 0 Å². The van der Waals surface area contributed by atoms with Gasteiger partial charge in [0.1, 0.15) is 5.75 Å². The van der Waals surface area contributed by atoms with Gasteiger partial charge in [0.2, 0.25) is 0 Å². The van der Waals surface area contributed by atoms with Crippen molar-refractivity contribution >= 4 is 27.5 Å². The number of hydrogen-bond donors (Lipinski definition) is 1. The molecule has 0 aromatic heterocycles. The van der Waals surface area contributed by atoms with Gasteiger partial charge in [-0.1, -0.05) is 11.6 Å². The number of rotatable bonds is 0. The van der Waals surface area contributed by atoms with Gasteiger partial charge < -0.3 is 10.5 Å². The standard InChI is InChI=1S/C9H9BrClNO/c10-9-5(11)1-2-7-8(9)6(12)3-4-13-7/h1-2,6H,3-4,12H2/t6-/m0/s1. The van der Waals surface area contributed by atoms with Crippen molar-refractivity contribution in [3.8, 4) is 5.75 Å². The van der Waals surface area contributed by atoms with Gasteiger partial charge in [-0.2, -0.15) is 0 Å². The molecule has 2 rings (SSSR count). The molecular formula is C9H9BrClNO. The molecular weight excluding hydrogens is 253 g/mol. The highest BCUT2D eigenvalue weighted by molar-refractivity contribution is 9.10. The molecule has 1 aliphatic rings. The fraction of sp³-hybridized carbons (Fsp3) is 0.333. The fourth-order valence-corrected chi connectivity index (χ4v) is 2.25. The molecule has 0 spiro atoms. The lowest BCUT2D eigenvalue weighted by molar-refractivity contribution is 0.268. The number of halogens is 2. The molecule has 1 aromatic rings. The van der Waals surface area contributed by atoms with E-state index in [1.165, 1.54) is 0 Å². The van der Waals surface area contributed by atoms with Gasteiger partial charge >= 0.3 is 0 Å². The van der Waals surface area contributed by atoms with Gasteiger partial charge in [-0.05, 0) is 28.1 Å². The van der Waals surface area contributed by atoms with Crippen LogP contribution in [0.25, 0.3) is 0 Å². The van der Waals surface area contributed by atoms with Crippen molar-refractivity contribution in [2.45, 2.75) is 12.5 Å². The highest BCUT2D eigenvalue weighted by Crippen LogP contribution is 2.39. The molecule has 0 amide bonds. The summed E-state index contributed by atoms with van der Waals surface area (Å²) in [6.45, 7) is 0.683. The van der Waals surface area contributed by atoms with Crippen molar-refractivity contribution in [2.24, 2.45) is 5.73 Å². The van der Waals surface area contributed by atoms with E-state index in [9.17, 15) is 0 Å². The lowest BCUT2D eigenvalue weighted by atomic mass is 10.0. The van der Waals surface area contributed by atoms with E-state index in [0.717, 1.165) is 22.2 Å². The monoisotopic (exact) mass is 261 g/mol. The Morgan fingerprint density at radius 1 is 1.54 bits per heavy atom. The van der Waals surface area contributed by atoms with E-state index in [-0.39, 0.29) is 6.04 Å². The molecule has 0 unspecified atom stereocenters. The van der Waals surface area contributed by atoms with Gasteiger partial charge in [0.05, 0.1) is 11.6 Å². The van der Waals surface area contributed by atoms with Gasteiger partial charge in [0.15, 0.2) is 0 Å². The van der Waals surface area contributed by atoms with Crippen LogP contribution in [0.2, 0.25) is 5.02 Å². The number of ether oxygens (including phenoxy) is 1. The quantitative estimate of drug-likeness (QED) is 0.780. The SMILES string of the molecule is N[C@H]1CCOc2ccc(Cl)c(Br)c21. The molecule has 1 aromatic carbocycles. The summed E-state index contributed by atoms with van der Waals surface area (Å²) in [6.07, 6.45) is 0.839. The zero-order valence-electron chi connectivity index (χ0n) is 6.89. The van der Waals surface area contributed by atoms with E-state index in [1.54, 1.807) is 0 Å². The Morgan fingerprint density at radius 2 is 2.31 bits per heavy atom. The largest absolute Gasteiger partial charge is 0.493 e. The predicted molar refractivity (Wildman–Crippen MR) is 56.2 cm³/mol. The zero-order valence-corrected chi connectivity index (χ0v) is 9.23. The molecule has 2 nitrogen and oxygen atoms in total. The number of hydrogen-bond acceptors (Lipinski definition) is 2. The summed E-state index contributed by atoms with van der Waals surface area (Å²) in [5.41, 5.74) is 6.93. The van der Waals surface area contributed by atoms with Gasteiger partial charge in [0, 0.05) is 22.5 Å². The topological polar surface area (TPSA) is 35.2 Å². The van der Waals surface area contributed by atoms with Gasteiger partial charge in [-0.3, -0.25) is 0 Å². The molecule has 0 radical (unpaired) electrons. The normalized spacial score (nSPS) is 20.7. The first-order valence-electron chi connectivity index (χ1n) is 4.06. The molecule has 4 heteroatoms. The summed E-state index contributed by atoms with van der Waals surface area (Å²) in [5, 5.41) is 0.680. The first kappa shape index (κ1) is 9.31. The first-order valence-corrected chi connectivity index (χ1v) is 5.23. The molecule has 0 saturated heterocycles. The molecule has 0 saturated carbocycles. The highest BCUT2D eigenvalue weighted by Gasteiger charge is 2.21.